The Hall–Kier alpha value is -0.890. The Labute approximate surface area is 73.2 Å². The fourth-order valence-corrected chi connectivity index (χ4v) is 0.747. The number of hydrogen-bond donors (Lipinski definition) is 0. The molecule has 0 saturated carbocycles. The average Bonchev–Trinajstić information content (AvgIpc) is 2.13. The molecular formula is C10H15FO. The molecule has 68 valence electrons. The number of halogens is 1. The lowest BCUT2D eigenvalue weighted by atomic mass is 10.2. The molecule has 0 bridgehead atoms. The standard InChI is InChI=1S/C8H9FO.C2H6/c1-10-6-7-2-4-8(9)5-3-7;1-2/h2-5H,6H2,1H3;1-2H3. The van der Waals surface area contributed by atoms with Crippen molar-refractivity contribution in [1.29, 1.82) is 0 Å². The summed E-state index contributed by atoms with van der Waals surface area (Å²) in [5.74, 6) is -0.208. The first-order valence-electron chi connectivity index (χ1n) is 4.06. The van der Waals surface area contributed by atoms with Gasteiger partial charge in [-0.1, -0.05) is 26.0 Å². The van der Waals surface area contributed by atoms with E-state index >= 15 is 0 Å². The minimum Gasteiger partial charge on any atom is -0.380 e. The molecule has 0 saturated heterocycles. The summed E-state index contributed by atoms with van der Waals surface area (Å²) in [5.41, 5.74) is 0.990. The van der Waals surface area contributed by atoms with Crippen molar-refractivity contribution in [2.75, 3.05) is 7.11 Å². The third kappa shape index (κ3) is 4.09. The summed E-state index contributed by atoms with van der Waals surface area (Å²) < 4.78 is 17.1. The van der Waals surface area contributed by atoms with E-state index in [9.17, 15) is 4.39 Å². The second kappa shape index (κ2) is 6.80. The molecule has 0 N–H and O–H groups in total. The lowest BCUT2D eigenvalue weighted by molar-refractivity contribution is 0.185. The average molecular weight is 170 g/mol. The van der Waals surface area contributed by atoms with Crippen LogP contribution >= 0.6 is 0 Å². The minimum absolute atomic E-state index is 0.208. The molecule has 0 radical (unpaired) electrons. The molecule has 2 heteroatoms. The van der Waals surface area contributed by atoms with Crippen LogP contribution in [0.1, 0.15) is 19.4 Å². The highest BCUT2D eigenvalue weighted by Gasteiger charge is 1.90. The van der Waals surface area contributed by atoms with Crippen molar-refractivity contribution in [3.05, 3.63) is 35.6 Å². The Bertz CT molecular complexity index is 193. The lowest BCUT2D eigenvalue weighted by Gasteiger charge is -1.96. The van der Waals surface area contributed by atoms with E-state index in [-0.39, 0.29) is 5.82 Å². The van der Waals surface area contributed by atoms with Gasteiger partial charge in [-0.05, 0) is 17.7 Å². The Kier molecular flexibility index (Phi) is 6.29. The molecule has 0 aromatic heterocycles. The van der Waals surface area contributed by atoms with E-state index in [1.807, 2.05) is 13.8 Å². The lowest BCUT2D eigenvalue weighted by Crippen LogP contribution is -1.86. The van der Waals surface area contributed by atoms with Crippen molar-refractivity contribution in [3.8, 4) is 0 Å². The normalized spacial score (nSPS) is 8.67. The van der Waals surface area contributed by atoms with Crippen molar-refractivity contribution in [2.24, 2.45) is 0 Å². The number of benzene rings is 1. The van der Waals surface area contributed by atoms with Gasteiger partial charge in [-0.25, -0.2) is 4.39 Å². The number of hydrogen-bond acceptors (Lipinski definition) is 1. The van der Waals surface area contributed by atoms with E-state index in [0.29, 0.717) is 6.61 Å². The second-order valence-electron chi connectivity index (χ2n) is 2.06. The Morgan fingerprint density at radius 1 is 1.17 bits per heavy atom. The van der Waals surface area contributed by atoms with E-state index in [4.69, 9.17) is 4.74 Å². The molecule has 1 aromatic rings. The molecular weight excluding hydrogens is 155 g/mol. The van der Waals surface area contributed by atoms with Gasteiger partial charge in [-0.15, -0.1) is 0 Å². The first-order chi connectivity index (χ1) is 5.83. The van der Waals surface area contributed by atoms with Crippen molar-refractivity contribution in [1.82, 2.24) is 0 Å². The first kappa shape index (κ1) is 11.1. The van der Waals surface area contributed by atoms with Crippen LogP contribution < -0.4 is 0 Å². The van der Waals surface area contributed by atoms with Crippen LogP contribution in [0.3, 0.4) is 0 Å². The van der Waals surface area contributed by atoms with Crippen molar-refractivity contribution < 1.29 is 9.13 Å². The van der Waals surface area contributed by atoms with Gasteiger partial charge in [0, 0.05) is 7.11 Å². The van der Waals surface area contributed by atoms with Gasteiger partial charge in [0.15, 0.2) is 0 Å². The zero-order valence-corrected chi connectivity index (χ0v) is 7.80. The third-order valence-electron chi connectivity index (χ3n) is 1.22. The zero-order valence-electron chi connectivity index (χ0n) is 7.80. The number of rotatable bonds is 2. The van der Waals surface area contributed by atoms with E-state index in [1.165, 1.54) is 12.1 Å². The molecule has 0 aliphatic carbocycles. The maximum Gasteiger partial charge on any atom is 0.123 e. The molecule has 0 spiro atoms. The predicted octanol–water partition coefficient (Wildman–Crippen LogP) is 3.00. The maximum atomic E-state index is 12.3. The first-order valence-corrected chi connectivity index (χ1v) is 4.06. The SMILES string of the molecule is CC.COCc1ccc(F)cc1. The summed E-state index contributed by atoms with van der Waals surface area (Å²) >= 11 is 0. The van der Waals surface area contributed by atoms with Crippen molar-refractivity contribution in [3.63, 3.8) is 0 Å². The molecule has 0 atom stereocenters. The van der Waals surface area contributed by atoms with Gasteiger partial charge in [0.1, 0.15) is 5.82 Å². The van der Waals surface area contributed by atoms with Gasteiger partial charge < -0.3 is 4.74 Å². The summed E-state index contributed by atoms with van der Waals surface area (Å²) in [6.07, 6.45) is 0. The fraction of sp³-hybridized carbons (Fsp3) is 0.400. The Morgan fingerprint density at radius 3 is 2.08 bits per heavy atom. The summed E-state index contributed by atoms with van der Waals surface area (Å²) in [6, 6.07) is 6.26. The van der Waals surface area contributed by atoms with Gasteiger partial charge in [-0.3, -0.25) is 0 Å². The highest BCUT2D eigenvalue weighted by atomic mass is 19.1. The molecule has 0 unspecified atom stereocenters. The van der Waals surface area contributed by atoms with E-state index < -0.39 is 0 Å². The van der Waals surface area contributed by atoms with Gasteiger partial charge in [0.2, 0.25) is 0 Å². The van der Waals surface area contributed by atoms with Crippen LogP contribution in [-0.2, 0) is 11.3 Å². The zero-order chi connectivity index (χ0) is 9.40. The topological polar surface area (TPSA) is 9.23 Å². The molecule has 12 heavy (non-hydrogen) atoms. The van der Waals surface area contributed by atoms with Gasteiger partial charge >= 0.3 is 0 Å². The maximum absolute atomic E-state index is 12.3. The van der Waals surface area contributed by atoms with Crippen LogP contribution in [0.2, 0.25) is 0 Å². The van der Waals surface area contributed by atoms with Gasteiger partial charge in [0.05, 0.1) is 6.61 Å². The van der Waals surface area contributed by atoms with Crippen LogP contribution in [-0.4, -0.2) is 7.11 Å². The third-order valence-corrected chi connectivity index (χ3v) is 1.22. The second-order valence-corrected chi connectivity index (χ2v) is 2.06. The van der Waals surface area contributed by atoms with E-state index in [1.54, 1.807) is 19.2 Å². The smallest absolute Gasteiger partial charge is 0.123 e. The molecule has 0 aliphatic heterocycles. The highest BCUT2D eigenvalue weighted by Crippen LogP contribution is 2.02. The molecule has 0 heterocycles. The quantitative estimate of drug-likeness (QED) is 0.663. The molecule has 1 aromatic carbocycles. The fourth-order valence-electron chi connectivity index (χ4n) is 0.747. The van der Waals surface area contributed by atoms with Crippen LogP contribution in [0.4, 0.5) is 4.39 Å². The van der Waals surface area contributed by atoms with Crippen LogP contribution in [0, 0.1) is 5.82 Å². The number of methoxy groups -OCH3 is 1. The summed E-state index contributed by atoms with van der Waals surface area (Å²) in [7, 11) is 1.61. The molecule has 0 fully saturated rings. The largest absolute Gasteiger partial charge is 0.380 e. The molecule has 0 amide bonds. The Balaban J connectivity index is 0.000000561. The van der Waals surface area contributed by atoms with E-state index in [2.05, 4.69) is 0 Å². The monoisotopic (exact) mass is 170 g/mol. The van der Waals surface area contributed by atoms with E-state index in [0.717, 1.165) is 5.56 Å². The van der Waals surface area contributed by atoms with Crippen molar-refractivity contribution >= 4 is 0 Å². The van der Waals surface area contributed by atoms with Crippen LogP contribution in [0.15, 0.2) is 24.3 Å². The summed E-state index contributed by atoms with van der Waals surface area (Å²) in [4.78, 5) is 0. The number of ether oxygens (including phenoxy) is 1. The summed E-state index contributed by atoms with van der Waals surface area (Å²) in [6.45, 7) is 4.54. The molecule has 1 rings (SSSR count). The Morgan fingerprint density at radius 2 is 1.67 bits per heavy atom. The van der Waals surface area contributed by atoms with Gasteiger partial charge in [0.25, 0.3) is 0 Å². The predicted molar refractivity (Wildman–Crippen MR) is 48.5 cm³/mol. The summed E-state index contributed by atoms with van der Waals surface area (Å²) in [5, 5.41) is 0. The molecule has 0 aliphatic rings. The van der Waals surface area contributed by atoms with Crippen LogP contribution in [0.5, 0.6) is 0 Å². The van der Waals surface area contributed by atoms with Crippen molar-refractivity contribution in [2.45, 2.75) is 20.5 Å². The molecule has 1 nitrogen and oxygen atoms in total. The van der Waals surface area contributed by atoms with Crippen LogP contribution in [0.25, 0.3) is 0 Å². The van der Waals surface area contributed by atoms with Gasteiger partial charge in [-0.2, -0.15) is 0 Å². The highest BCUT2D eigenvalue weighted by molar-refractivity contribution is 5.14. The minimum atomic E-state index is -0.208.